The summed E-state index contributed by atoms with van der Waals surface area (Å²) in [6, 6.07) is 9.92. The van der Waals surface area contributed by atoms with Gasteiger partial charge in [-0.1, -0.05) is 135 Å². The van der Waals surface area contributed by atoms with E-state index in [2.05, 4.69) is 18.8 Å². The van der Waals surface area contributed by atoms with Gasteiger partial charge >= 0.3 is 5.97 Å². The minimum absolute atomic E-state index is 0.173. The number of aliphatic carboxylic acids is 1. The Kier molecular flexibility index (Phi) is 17.6. The molecule has 3 nitrogen and oxygen atoms in total. The summed E-state index contributed by atoms with van der Waals surface area (Å²) in [5.74, 6) is -0.761. The second-order valence-corrected chi connectivity index (χ2v) is 9.23. The lowest BCUT2D eigenvalue weighted by Gasteiger charge is -2.03. The predicted octanol–water partition coefficient (Wildman–Crippen LogP) is 9.45. The molecular formula is C29H49NO2. The van der Waals surface area contributed by atoms with Gasteiger partial charge in [-0.15, -0.1) is 0 Å². The highest BCUT2D eigenvalue weighted by Gasteiger charge is 2.02. The van der Waals surface area contributed by atoms with Crippen LogP contribution in [0.4, 0.5) is 0 Å². The van der Waals surface area contributed by atoms with E-state index in [-0.39, 0.29) is 6.42 Å². The Morgan fingerprint density at radius 3 is 1.56 bits per heavy atom. The second-order valence-electron chi connectivity index (χ2n) is 9.23. The lowest BCUT2D eigenvalue weighted by molar-refractivity contribution is -0.136. The van der Waals surface area contributed by atoms with Crippen molar-refractivity contribution in [2.75, 3.05) is 0 Å². The number of carboxylic acid groups (broad SMARTS) is 1. The van der Waals surface area contributed by atoms with E-state index in [0.29, 0.717) is 6.42 Å². The third kappa shape index (κ3) is 15.1. The number of H-pyrrole nitrogens is 1. The summed E-state index contributed by atoms with van der Waals surface area (Å²) < 4.78 is 0. The number of unbranched alkanes of at least 4 members (excludes halogenated alkanes) is 15. The highest BCUT2D eigenvalue weighted by atomic mass is 16.4. The molecule has 2 N–H and O–H groups in total. The van der Waals surface area contributed by atoms with Gasteiger partial charge in [0.25, 0.3) is 0 Å². The van der Waals surface area contributed by atoms with Crippen LogP contribution < -0.4 is 0 Å². The van der Waals surface area contributed by atoms with Gasteiger partial charge in [0.1, 0.15) is 0 Å². The quantitative estimate of drug-likeness (QED) is 0.225. The molecule has 32 heavy (non-hydrogen) atoms. The molecule has 2 rings (SSSR count). The molecule has 0 spiro atoms. The van der Waals surface area contributed by atoms with E-state index in [0.717, 1.165) is 16.6 Å². The van der Waals surface area contributed by atoms with E-state index in [1.165, 1.54) is 103 Å². The van der Waals surface area contributed by atoms with E-state index in [9.17, 15) is 4.79 Å². The van der Waals surface area contributed by atoms with Crippen LogP contribution in [-0.2, 0) is 11.2 Å². The normalized spacial score (nSPS) is 10.8. The first-order valence-electron chi connectivity index (χ1n) is 13.5. The molecule has 182 valence electrons. The number of benzene rings is 1. The summed E-state index contributed by atoms with van der Waals surface area (Å²) in [5, 5.41) is 9.67. The lowest BCUT2D eigenvalue weighted by atomic mass is 10.0. The molecule has 0 aliphatic carbocycles. The summed E-state index contributed by atoms with van der Waals surface area (Å²) in [7, 11) is 0. The zero-order chi connectivity index (χ0) is 23.3. The van der Waals surface area contributed by atoms with Gasteiger partial charge in [-0.2, -0.15) is 0 Å². The number of carbonyl (C=O) groups is 1. The molecule has 0 bridgehead atoms. The average molecular weight is 444 g/mol. The van der Waals surface area contributed by atoms with Gasteiger partial charge in [0, 0.05) is 11.2 Å². The maximum absolute atomic E-state index is 10.4. The molecule has 1 aromatic carbocycles. The molecule has 1 heterocycles. The SMILES string of the molecule is CCCCCCCCCCCCCCCCCC.O=C(O)CCc1cc2ccccc2[nH]1. The standard InChI is InChI=1S/C18H38.C11H11NO2/c1-3-5-7-9-11-13-15-17-18-16-14-12-10-8-6-4-2;13-11(14)6-5-9-7-8-3-1-2-4-10(8)12-9/h3-18H2,1-2H3;1-4,7,12H,5-6H2,(H,13,14). The van der Waals surface area contributed by atoms with Crippen LogP contribution in [-0.4, -0.2) is 16.1 Å². The Balaban J connectivity index is 0.000000328. The number of rotatable bonds is 18. The van der Waals surface area contributed by atoms with Crippen molar-refractivity contribution < 1.29 is 9.90 Å². The van der Waals surface area contributed by atoms with E-state index in [1.807, 2.05) is 30.3 Å². The Morgan fingerprint density at radius 1 is 0.719 bits per heavy atom. The molecule has 0 atom stereocenters. The molecule has 0 radical (unpaired) electrons. The van der Waals surface area contributed by atoms with Crippen LogP contribution in [0.2, 0.25) is 0 Å². The topological polar surface area (TPSA) is 53.1 Å². The fourth-order valence-corrected chi connectivity index (χ4v) is 4.13. The Hall–Kier alpha value is -1.77. The van der Waals surface area contributed by atoms with Crippen LogP contribution in [0, 0.1) is 0 Å². The van der Waals surface area contributed by atoms with Crippen molar-refractivity contribution in [3.63, 3.8) is 0 Å². The predicted molar refractivity (Wildman–Crippen MR) is 139 cm³/mol. The average Bonchev–Trinajstić information content (AvgIpc) is 3.21. The third-order valence-corrected chi connectivity index (χ3v) is 6.15. The maximum Gasteiger partial charge on any atom is 0.303 e. The van der Waals surface area contributed by atoms with Gasteiger partial charge in [0.2, 0.25) is 0 Å². The highest BCUT2D eigenvalue weighted by molar-refractivity contribution is 5.80. The van der Waals surface area contributed by atoms with Crippen molar-refractivity contribution in [1.29, 1.82) is 0 Å². The Morgan fingerprint density at radius 2 is 1.16 bits per heavy atom. The summed E-state index contributed by atoms with van der Waals surface area (Å²) in [6.07, 6.45) is 24.1. The number of aromatic nitrogens is 1. The molecule has 0 amide bonds. The van der Waals surface area contributed by atoms with Crippen LogP contribution in [0.1, 0.15) is 129 Å². The number of carboxylic acids is 1. The summed E-state index contributed by atoms with van der Waals surface area (Å²) in [4.78, 5) is 13.6. The molecule has 2 aromatic rings. The molecule has 3 heteroatoms. The van der Waals surface area contributed by atoms with E-state index >= 15 is 0 Å². The Labute approximate surface area is 197 Å². The number of hydrogen-bond donors (Lipinski definition) is 2. The van der Waals surface area contributed by atoms with Crippen LogP contribution in [0.25, 0.3) is 10.9 Å². The largest absolute Gasteiger partial charge is 0.481 e. The van der Waals surface area contributed by atoms with Crippen molar-refractivity contribution in [3.8, 4) is 0 Å². The molecule has 0 fully saturated rings. The van der Waals surface area contributed by atoms with E-state index in [1.54, 1.807) is 0 Å². The van der Waals surface area contributed by atoms with Crippen LogP contribution in [0.5, 0.6) is 0 Å². The third-order valence-electron chi connectivity index (χ3n) is 6.15. The smallest absolute Gasteiger partial charge is 0.303 e. The van der Waals surface area contributed by atoms with Crippen molar-refractivity contribution in [3.05, 3.63) is 36.0 Å². The maximum atomic E-state index is 10.4. The van der Waals surface area contributed by atoms with Gasteiger partial charge in [-0.05, 0) is 23.9 Å². The zero-order valence-electron chi connectivity index (χ0n) is 21.0. The summed E-state index contributed by atoms with van der Waals surface area (Å²) in [5.41, 5.74) is 2.04. The number of fused-ring (bicyclic) bond motifs is 1. The van der Waals surface area contributed by atoms with Crippen molar-refractivity contribution >= 4 is 16.9 Å². The lowest BCUT2D eigenvalue weighted by Crippen LogP contribution is -1.97. The first-order valence-corrected chi connectivity index (χ1v) is 13.5. The monoisotopic (exact) mass is 443 g/mol. The van der Waals surface area contributed by atoms with Gasteiger partial charge in [-0.25, -0.2) is 0 Å². The molecule has 1 aromatic heterocycles. The van der Waals surface area contributed by atoms with Crippen LogP contribution in [0.3, 0.4) is 0 Å². The number of hydrogen-bond acceptors (Lipinski definition) is 1. The van der Waals surface area contributed by atoms with Crippen LogP contribution >= 0.6 is 0 Å². The number of aromatic amines is 1. The van der Waals surface area contributed by atoms with Gasteiger partial charge in [-0.3, -0.25) is 4.79 Å². The Bertz CT molecular complexity index is 642. The fourth-order valence-electron chi connectivity index (χ4n) is 4.13. The highest BCUT2D eigenvalue weighted by Crippen LogP contribution is 2.16. The van der Waals surface area contributed by atoms with Gasteiger partial charge in [0.15, 0.2) is 0 Å². The fraction of sp³-hybridized carbons (Fsp3) is 0.690. The van der Waals surface area contributed by atoms with Crippen molar-refractivity contribution in [2.24, 2.45) is 0 Å². The first kappa shape index (κ1) is 28.3. The number of para-hydroxylation sites is 1. The van der Waals surface area contributed by atoms with Crippen molar-refractivity contribution in [1.82, 2.24) is 4.98 Å². The molecule has 0 unspecified atom stereocenters. The first-order chi connectivity index (χ1) is 15.7. The number of aryl methyl sites for hydroxylation is 1. The molecule has 0 saturated carbocycles. The molecule has 0 saturated heterocycles. The zero-order valence-corrected chi connectivity index (χ0v) is 21.0. The number of nitrogens with one attached hydrogen (secondary N) is 1. The van der Waals surface area contributed by atoms with Gasteiger partial charge < -0.3 is 10.1 Å². The summed E-state index contributed by atoms with van der Waals surface area (Å²) in [6.45, 7) is 4.59. The second kappa shape index (κ2) is 19.9. The van der Waals surface area contributed by atoms with Crippen molar-refractivity contribution in [2.45, 2.75) is 129 Å². The minimum atomic E-state index is -0.761. The van der Waals surface area contributed by atoms with E-state index in [4.69, 9.17) is 5.11 Å². The van der Waals surface area contributed by atoms with Crippen LogP contribution in [0.15, 0.2) is 30.3 Å². The molecular weight excluding hydrogens is 394 g/mol. The van der Waals surface area contributed by atoms with E-state index < -0.39 is 5.97 Å². The molecule has 0 aliphatic heterocycles. The summed E-state index contributed by atoms with van der Waals surface area (Å²) >= 11 is 0. The van der Waals surface area contributed by atoms with Gasteiger partial charge in [0.05, 0.1) is 6.42 Å². The minimum Gasteiger partial charge on any atom is -0.481 e. The molecule has 0 aliphatic rings.